The van der Waals surface area contributed by atoms with E-state index < -0.39 is 15.3 Å². The van der Waals surface area contributed by atoms with E-state index >= 15 is 0 Å². The van der Waals surface area contributed by atoms with Crippen molar-refractivity contribution in [1.82, 2.24) is 4.72 Å². The second-order valence-electron chi connectivity index (χ2n) is 4.05. The second kappa shape index (κ2) is 7.23. The Hall–Kier alpha value is -0.430. The Morgan fingerprint density at radius 1 is 1.39 bits per heavy atom. The molecule has 1 aromatic carbocycles. The maximum atomic E-state index is 11.8. The maximum Gasteiger partial charge on any atom is 0.216 e. The van der Waals surface area contributed by atoms with Crippen molar-refractivity contribution in [3.05, 3.63) is 34.3 Å². The molecule has 0 aromatic heterocycles. The molecule has 0 saturated carbocycles. The lowest BCUT2D eigenvalue weighted by Gasteiger charge is -2.13. The van der Waals surface area contributed by atoms with Gasteiger partial charge in [0.25, 0.3) is 0 Å². The molecular formula is C12H18BrNO3S. The van der Waals surface area contributed by atoms with Crippen molar-refractivity contribution in [1.29, 1.82) is 0 Å². The van der Waals surface area contributed by atoms with Gasteiger partial charge in [0.2, 0.25) is 10.0 Å². The third-order valence-corrected chi connectivity index (χ3v) is 5.16. The quantitative estimate of drug-likeness (QED) is 0.828. The summed E-state index contributed by atoms with van der Waals surface area (Å²) in [5.74, 6) is 0. The minimum atomic E-state index is -3.30. The average molecular weight is 336 g/mol. The predicted octanol–water partition coefficient (Wildman–Crippen LogP) is 1.95. The van der Waals surface area contributed by atoms with Crippen LogP contribution in [0.5, 0.6) is 0 Å². The molecule has 0 aliphatic heterocycles. The Morgan fingerprint density at radius 2 is 2.06 bits per heavy atom. The first-order chi connectivity index (χ1) is 8.47. The summed E-state index contributed by atoms with van der Waals surface area (Å²) in [6.07, 6.45) is 0.653. The van der Waals surface area contributed by atoms with Crippen LogP contribution in [-0.2, 0) is 21.2 Å². The normalized spacial score (nSPS) is 13.5. The highest BCUT2D eigenvalue weighted by molar-refractivity contribution is 9.10. The van der Waals surface area contributed by atoms with Crippen molar-refractivity contribution in [2.45, 2.75) is 18.6 Å². The number of hydrogen-bond acceptors (Lipinski definition) is 3. The average Bonchev–Trinajstić information content (AvgIpc) is 2.32. The van der Waals surface area contributed by atoms with Crippen LogP contribution in [0, 0.1) is 0 Å². The van der Waals surface area contributed by atoms with Crippen molar-refractivity contribution < 1.29 is 13.2 Å². The van der Waals surface area contributed by atoms with E-state index in [-0.39, 0.29) is 6.61 Å². The smallest absolute Gasteiger partial charge is 0.216 e. The summed E-state index contributed by atoms with van der Waals surface area (Å²) >= 11 is 3.43. The van der Waals surface area contributed by atoms with Crippen LogP contribution in [-0.4, -0.2) is 33.9 Å². The first kappa shape index (κ1) is 15.6. The van der Waals surface area contributed by atoms with Gasteiger partial charge in [-0.15, -0.1) is 0 Å². The van der Waals surface area contributed by atoms with E-state index in [1.165, 1.54) is 7.11 Å². The highest BCUT2D eigenvalue weighted by Gasteiger charge is 2.19. The van der Waals surface area contributed by atoms with E-state index in [0.717, 1.165) is 10.0 Å². The molecule has 6 heteroatoms. The Labute approximate surface area is 117 Å². The molecule has 1 aromatic rings. The van der Waals surface area contributed by atoms with E-state index in [1.807, 2.05) is 24.3 Å². The van der Waals surface area contributed by atoms with Crippen LogP contribution < -0.4 is 4.72 Å². The van der Waals surface area contributed by atoms with Gasteiger partial charge < -0.3 is 4.74 Å². The first-order valence-corrected chi connectivity index (χ1v) is 8.02. The molecule has 1 atom stereocenters. The number of benzene rings is 1. The van der Waals surface area contributed by atoms with Gasteiger partial charge in [-0.1, -0.05) is 34.1 Å². The number of methoxy groups -OCH3 is 1. The van der Waals surface area contributed by atoms with Crippen LogP contribution in [0.25, 0.3) is 0 Å². The zero-order valence-electron chi connectivity index (χ0n) is 10.5. The number of sulfonamides is 1. The standard InChI is InChI=1S/C12H18BrNO3S/c1-10(9-17-2)18(15,16)14-8-7-11-5-3-4-6-12(11)13/h3-6,10,14H,7-9H2,1-2H3. The SMILES string of the molecule is COCC(C)S(=O)(=O)NCCc1ccccc1Br. The van der Waals surface area contributed by atoms with Gasteiger partial charge in [-0.05, 0) is 25.0 Å². The summed E-state index contributed by atoms with van der Waals surface area (Å²) in [6.45, 7) is 2.22. The molecule has 0 aliphatic carbocycles. The molecule has 102 valence electrons. The van der Waals surface area contributed by atoms with E-state index in [9.17, 15) is 8.42 Å². The summed E-state index contributed by atoms with van der Waals surface area (Å²) in [5.41, 5.74) is 1.08. The van der Waals surface area contributed by atoms with Crippen LogP contribution in [0.4, 0.5) is 0 Å². The molecule has 0 fully saturated rings. The monoisotopic (exact) mass is 335 g/mol. The number of ether oxygens (including phenoxy) is 1. The Balaban J connectivity index is 2.49. The van der Waals surface area contributed by atoms with Gasteiger partial charge in [0.05, 0.1) is 11.9 Å². The zero-order valence-corrected chi connectivity index (χ0v) is 12.9. The number of rotatable bonds is 7. The fourth-order valence-electron chi connectivity index (χ4n) is 1.50. The number of nitrogens with one attached hydrogen (secondary N) is 1. The Bertz CT molecular complexity index is 476. The number of halogens is 1. The summed E-state index contributed by atoms with van der Waals surface area (Å²) in [6, 6.07) is 7.77. The lowest BCUT2D eigenvalue weighted by Crippen LogP contribution is -2.36. The third-order valence-electron chi connectivity index (χ3n) is 2.59. The van der Waals surface area contributed by atoms with Crippen molar-refractivity contribution >= 4 is 26.0 Å². The Morgan fingerprint density at radius 3 is 2.67 bits per heavy atom. The van der Waals surface area contributed by atoms with Gasteiger partial charge in [-0.3, -0.25) is 0 Å². The molecule has 1 unspecified atom stereocenters. The van der Waals surface area contributed by atoms with Gasteiger partial charge in [0.1, 0.15) is 0 Å². The minimum absolute atomic E-state index is 0.199. The molecule has 0 spiro atoms. The molecule has 1 rings (SSSR count). The van der Waals surface area contributed by atoms with E-state index in [2.05, 4.69) is 20.7 Å². The van der Waals surface area contributed by atoms with Gasteiger partial charge in [0.15, 0.2) is 0 Å². The Kier molecular flexibility index (Phi) is 6.28. The molecule has 0 aliphatic rings. The second-order valence-corrected chi connectivity index (χ2v) is 7.08. The molecule has 0 saturated heterocycles. The van der Waals surface area contributed by atoms with E-state index in [4.69, 9.17) is 4.74 Å². The van der Waals surface area contributed by atoms with Crippen LogP contribution >= 0.6 is 15.9 Å². The predicted molar refractivity (Wildman–Crippen MR) is 76.1 cm³/mol. The lowest BCUT2D eigenvalue weighted by atomic mass is 10.2. The molecule has 18 heavy (non-hydrogen) atoms. The highest BCUT2D eigenvalue weighted by atomic mass is 79.9. The molecular weight excluding hydrogens is 318 g/mol. The van der Waals surface area contributed by atoms with Gasteiger partial charge in [0, 0.05) is 18.1 Å². The summed E-state index contributed by atoms with van der Waals surface area (Å²) in [7, 11) is -1.80. The summed E-state index contributed by atoms with van der Waals surface area (Å²) in [5, 5.41) is -0.540. The zero-order chi connectivity index (χ0) is 13.6. The van der Waals surface area contributed by atoms with Crippen molar-refractivity contribution in [3.8, 4) is 0 Å². The molecule has 1 N–H and O–H groups in total. The van der Waals surface area contributed by atoms with Gasteiger partial charge >= 0.3 is 0 Å². The summed E-state index contributed by atoms with van der Waals surface area (Å²) < 4.78 is 32.0. The van der Waals surface area contributed by atoms with Crippen molar-refractivity contribution in [3.63, 3.8) is 0 Å². The third kappa shape index (κ3) is 4.68. The van der Waals surface area contributed by atoms with Gasteiger partial charge in [-0.25, -0.2) is 13.1 Å². The lowest BCUT2D eigenvalue weighted by molar-refractivity contribution is 0.200. The topological polar surface area (TPSA) is 55.4 Å². The van der Waals surface area contributed by atoms with E-state index in [1.54, 1.807) is 6.92 Å². The molecule has 0 heterocycles. The summed E-state index contributed by atoms with van der Waals surface area (Å²) in [4.78, 5) is 0. The van der Waals surface area contributed by atoms with Crippen LogP contribution in [0.15, 0.2) is 28.7 Å². The van der Waals surface area contributed by atoms with Crippen molar-refractivity contribution in [2.24, 2.45) is 0 Å². The van der Waals surface area contributed by atoms with Crippen LogP contribution in [0.3, 0.4) is 0 Å². The minimum Gasteiger partial charge on any atom is -0.383 e. The number of hydrogen-bond donors (Lipinski definition) is 1. The van der Waals surface area contributed by atoms with Crippen molar-refractivity contribution in [2.75, 3.05) is 20.3 Å². The largest absolute Gasteiger partial charge is 0.383 e. The first-order valence-electron chi connectivity index (χ1n) is 5.68. The molecule has 0 amide bonds. The van der Waals surface area contributed by atoms with Crippen LogP contribution in [0.1, 0.15) is 12.5 Å². The molecule has 0 bridgehead atoms. The van der Waals surface area contributed by atoms with E-state index in [0.29, 0.717) is 13.0 Å². The molecule has 4 nitrogen and oxygen atoms in total. The maximum absolute atomic E-state index is 11.8. The van der Waals surface area contributed by atoms with Gasteiger partial charge in [-0.2, -0.15) is 0 Å². The van der Waals surface area contributed by atoms with Crippen LogP contribution in [0.2, 0.25) is 0 Å². The highest BCUT2D eigenvalue weighted by Crippen LogP contribution is 2.15. The fourth-order valence-corrected chi connectivity index (χ4v) is 2.97. The fraction of sp³-hybridized carbons (Fsp3) is 0.500. The molecule has 0 radical (unpaired) electrons.